The minimum Gasteiger partial charge on any atom is -0.487 e. The van der Waals surface area contributed by atoms with Gasteiger partial charge in [0, 0.05) is 18.5 Å². The summed E-state index contributed by atoms with van der Waals surface area (Å²) in [5, 5.41) is 3.24. The van der Waals surface area contributed by atoms with Crippen LogP contribution in [-0.4, -0.2) is 19.2 Å². The Hall–Kier alpha value is -1.28. The molecule has 1 heterocycles. The number of nitrogens with one attached hydrogen (secondary N) is 1. The van der Waals surface area contributed by atoms with Crippen molar-refractivity contribution < 1.29 is 4.74 Å². The highest BCUT2D eigenvalue weighted by molar-refractivity contribution is 5.64. The van der Waals surface area contributed by atoms with Crippen molar-refractivity contribution in [3.8, 4) is 5.75 Å². The molecule has 19 heavy (non-hydrogen) atoms. The average Bonchev–Trinajstić information content (AvgIpc) is 2.63. The maximum Gasteiger partial charge on any atom is 0.130 e. The van der Waals surface area contributed by atoms with E-state index >= 15 is 0 Å². The van der Waals surface area contributed by atoms with Gasteiger partial charge in [-0.15, -0.1) is 0 Å². The van der Waals surface area contributed by atoms with Crippen molar-refractivity contribution in [3.63, 3.8) is 0 Å². The molecule has 1 aliphatic heterocycles. The molecular formula is C17H25NO. The van der Waals surface area contributed by atoms with Crippen LogP contribution >= 0.6 is 0 Å². The summed E-state index contributed by atoms with van der Waals surface area (Å²) in [7, 11) is 1.99. The molecule has 0 bridgehead atoms. The van der Waals surface area contributed by atoms with E-state index in [1.54, 1.807) is 0 Å². The van der Waals surface area contributed by atoms with Crippen LogP contribution in [0, 0.1) is 5.92 Å². The summed E-state index contributed by atoms with van der Waals surface area (Å²) in [4.78, 5) is 0. The van der Waals surface area contributed by atoms with E-state index in [1.807, 2.05) is 7.05 Å². The second kappa shape index (κ2) is 5.38. The molecule has 0 fully saturated rings. The summed E-state index contributed by atoms with van der Waals surface area (Å²) < 4.78 is 6.12. The quantitative estimate of drug-likeness (QED) is 0.891. The Morgan fingerprint density at radius 3 is 2.79 bits per heavy atom. The molecule has 0 radical (unpaired) electrons. The van der Waals surface area contributed by atoms with Crippen LogP contribution in [0.3, 0.4) is 0 Å². The minimum absolute atomic E-state index is 0.0761. The normalized spacial score (nSPS) is 17.5. The number of hydrogen-bond donors (Lipinski definition) is 1. The van der Waals surface area contributed by atoms with Crippen molar-refractivity contribution >= 4 is 6.08 Å². The van der Waals surface area contributed by atoms with Crippen LogP contribution in [0.2, 0.25) is 0 Å². The van der Waals surface area contributed by atoms with E-state index in [2.05, 4.69) is 57.3 Å². The number of benzene rings is 1. The van der Waals surface area contributed by atoms with Gasteiger partial charge < -0.3 is 10.1 Å². The average molecular weight is 259 g/mol. The summed E-state index contributed by atoms with van der Waals surface area (Å²) in [6, 6.07) is 6.46. The van der Waals surface area contributed by atoms with E-state index in [4.69, 9.17) is 4.74 Å². The fourth-order valence-electron chi connectivity index (χ4n) is 2.58. The topological polar surface area (TPSA) is 21.3 Å². The molecule has 1 aromatic carbocycles. The smallest absolute Gasteiger partial charge is 0.130 e. The van der Waals surface area contributed by atoms with Crippen LogP contribution in [0.25, 0.3) is 6.08 Å². The summed E-state index contributed by atoms with van der Waals surface area (Å²) in [6.45, 7) is 9.69. The Morgan fingerprint density at radius 1 is 1.42 bits per heavy atom. The third kappa shape index (κ3) is 3.19. The molecule has 0 saturated carbocycles. The van der Waals surface area contributed by atoms with Crippen molar-refractivity contribution in [1.82, 2.24) is 5.32 Å². The first-order chi connectivity index (χ1) is 8.93. The lowest BCUT2D eigenvalue weighted by Crippen LogP contribution is -2.24. The van der Waals surface area contributed by atoms with Crippen LogP contribution in [0.15, 0.2) is 23.8 Å². The molecule has 1 N–H and O–H groups in total. The number of ether oxygens (including phenoxy) is 1. The van der Waals surface area contributed by atoms with Gasteiger partial charge in [-0.25, -0.2) is 0 Å². The van der Waals surface area contributed by atoms with Gasteiger partial charge >= 0.3 is 0 Å². The molecule has 0 spiro atoms. The highest BCUT2D eigenvalue weighted by atomic mass is 16.5. The Bertz CT molecular complexity index is 486. The van der Waals surface area contributed by atoms with Crippen molar-refractivity contribution in [3.05, 3.63) is 34.9 Å². The van der Waals surface area contributed by atoms with E-state index in [1.165, 1.54) is 16.7 Å². The third-order valence-corrected chi connectivity index (χ3v) is 3.58. The highest BCUT2D eigenvalue weighted by Crippen LogP contribution is 2.38. The molecule has 0 aromatic heterocycles. The number of hydrogen-bond acceptors (Lipinski definition) is 2. The third-order valence-electron chi connectivity index (χ3n) is 3.58. The van der Waals surface area contributed by atoms with Crippen LogP contribution in [0.5, 0.6) is 5.75 Å². The second-order valence-corrected chi connectivity index (χ2v) is 6.28. The monoisotopic (exact) mass is 259 g/mol. The van der Waals surface area contributed by atoms with Crippen molar-refractivity contribution in [1.29, 1.82) is 0 Å². The number of para-hydroxylation sites is 1. The van der Waals surface area contributed by atoms with Gasteiger partial charge in [-0.05, 0) is 32.4 Å². The zero-order valence-electron chi connectivity index (χ0n) is 12.7. The molecule has 2 nitrogen and oxygen atoms in total. The van der Waals surface area contributed by atoms with Crippen LogP contribution in [0.4, 0.5) is 0 Å². The van der Waals surface area contributed by atoms with Gasteiger partial charge in [0.05, 0.1) is 0 Å². The van der Waals surface area contributed by atoms with Gasteiger partial charge in [0.1, 0.15) is 11.4 Å². The lowest BCUT2D eigenvalue weighted by Gasteiger charge is -2.18. The molecule has 1 aromatic rings. The second-order valence-electron chi connectivity index (χ2n) is 6.28. The number of likely N-dealkylation sites (N-methyl/N-ethyl adjacent to an activating group) is 1. The Balaban J connectivity index is 2.38. The Kier molecular flexibility index (Phi) is 4.00. The van der Waals surface area contributed by atoms with Crippen LogP contribution < -0.4 is 10.1 Å². The number of fused-ring (bicyclic) bond motifs is 1. The first-order valence-electron chi connectivity index (χ1n) is 7.09. The van der Waals surface area contributed by atoms with Crippen molar-refractivity contribution in [2.75, 3.05) is 13.6 Å². The van der Waals surface area contributed by atoms with Gasteiger partial charge in [-0.3, -0.25) is 0 Å². The van der Waals surface area contributed by atoms with Gasteiger partial charge in [0.25, 0.3) is 0 Å². The van der Waals surface area contributed by atoms with Crippen LogP contribution in [0.1, 0.15) is 38.8 Å². The van der Waals surface area contributed by atoms with Crippen LogP contribution in [-0.2, 0) is 6.42 Å². The summed E-state index contributed by atoms with van der Waals surface area (Å²) in [5.41, 5.74) is 3.87. The van der Waals surface area contributed by atoms with E-state index in [0.717, 1.165) is 18.7 Å². The highest BCUT2D eigenvalue weighted by Gasteiger charge is 2.31. The maximum atomic E-state index is 6.12. The van der Waals surface area contributed by atoms with Gasteiger partial charge in [-0.2, -0.15) is 0 Å². The van der Waals surface area contributed by atoms with Gasteiger partial charge in [0.15, 0.2) is 0 Å². The zero-order valence-corrected chi connectivity index (χ0v) is 12.7. The molecular weight excluding hydrogens is 234 g/mol. The van der Waals surface area contributed by atoms with E-state index < -0.39 is 0 Å². The Morgan fingerprint density at radius 2 is 2.16 bits per heavy atom. The first kappa shape index (κ1) is 14.1. The van der Waals surface area contributed by atoms with E-state index in [9.17, 15) is 0 Å². The lowest BCUT2D eigenvalue weighted by molar-refractivity contribution is 0.138. The SMILES string of the molecule is CNCC(=Cc1cccc2c1OC(C)(C)C2)C(C)C. The fraction of sp³-hybridized carbons (Fsp3) is 0.529. The minimum atomic E-state index is -0.0761. The molecule has 0 saturated heterocycles. The predicted octanol–water partition coefficient (Wildman–Crippen LogP) is 3.66. The zero-order chi connectivity index (χ0) is 14.0. The fourth-order valence-corrected chi connectivity index (χ4v) is 2.58. The molecule has 0 amide bonds. The van der Waals surface area contributed by atoms with E-state index in [0.29, 0.717) is 5.92 Å². The molecule has 1 aliphatic rings. The summed E-state index contributed by atoms with van der Waals surface area (Å²) in [6.07, 6.45) is 3.27. The summed E-state index contributed by atoms with van der Waals surface area (Å²) >= 11 is 0. The molecule has 0 aliphatic carbocycles. The maximum absolute atomic E-state index is 6.12. The van der Waals surface area contributed by atoms with Crippen molar-refractivity contribution in [2.45, 2.75) is 39.7 Å². The summed E-state index contributed by atoms with van der Waals surface area (Å²) in [5.74, 6) is 1.61. The predicted molar refractivity (Wildman–Crippen MR) is 81.6 cm³/mol. The van der Waals surface area contributed by atoms with Gasteiger partial charge in [-0.1, -0.05) is 43.7 Å². The molecule has 0 unspecified atom stereocenters. The Labute approximate surface area is 116 Å². The molecule has 104 valence electrons. The first-order valence-corrected chi connectivity index (χ1v) is 7.09. The van der Waals surface area contributed by atoms with Crippen molar-refractivity contribution in [2.24, 2.45) is 5.92 Å². The molecule has 2 rings (SSSR count). The lowest BCUT2D eigenvalue weighted by atomic mass is 9.97. The van der Waals surface area contributed by atoms with E-state index in [-0.39, 0.29) is 5.60 Å². The van der Waals surface area contributed by atoms with Gasteiger partial charge in [0.2, 0.25) is 0 Å². The number of rotatable bonds is 4. The standard InChI is InChI=1S/C17H25NO/c1-12(2)15(11-18-5)9-13-7-6-8-14-10-17(3,4)19-16(13)14/h6-9,12,18H,10-11H2,1-5H3. The largest absolute Gasteiger partial charge is 0.487 e. The molecule has 0 atom stereocenters. The molecule has 2 heteroatoms.